The van der Waals surface area contributed by atoms with E-state index in [0.717, 1.165) is 19.3 Å². The van der Waals surface area contributed by atoms with E-state index in [4.69, 9.17) is 25.8 Å². The van der Waals surface area contributed by atoms with E-state index in [-0.39, 0.29) is 23.6 Å². The van der Waals surface area contributed by atoms with Gasteiger partial charge in [-0.2, -0.15) is 0 Å². The smallest absolute Gasteiger partial charge is 0.264 e. The summed E-state index contributed by atoms with van der Waals surface area (Å²) < 4.78 is 17.1. The van der Waals surface area contributed by atoms with E-state index in [2.05, 4.69) is 30.1 Å². The van der Waals surface area contributed by atoms with Crippen LogP contribution in [-0.4, -0.2) is 37.3 Å². The van der Waals surface area contributed by atoms with Crippen LogP contribution in [0.5, 0.6) is 17.2 Å². The first-order chi connectivity index (χ1) is 18.2. The fourth-order valence-electron chi connectivity index (χ4n) is 3.93. The zero-order valence-corrected chi connectivity index (χ0v) is 23.6. The van der Waals surface area contributed by atoms with Crippen molar-refractivity contribution < 1.29 is 19.3 Å². The van der Waals surface area contributed by atoms with Crippen molar-refractivity contribution in [3.05, 3.63) is 87.6 Å². The van der Waals surface area contributed by atoms with E-state index in [1.807, 2.05) is 6.92 Å². The number of methoxy groups -OCH3 is 2. The topological polar surface area (TPSA) is 93.1 Å². The maximum absolute atomic E-state index is 13.3. The number of ether oxygens (including phenoxy) is 3. The van der Waals surface area contributed by atoms with Gasteiger partial charge in [0.2, 0.25) is 5.90 Å². The standard InChI is InChI=1S/C30H37ClN2O5/c1-8-10-11-13-22-25(26-23(36-6)14-12-15-24(26)37-7)28(34)27(29(35)33-22)30(32-5)38-20(4)18-19(3)16-17-21(31)9-2/h9,12,14-17H,3-4,8,10-11,13,18H2,1-2,5-7H3,(H2,33,34,35)/b17-16-,21-9+,32-30?. The molecule has 2 N–H and O–H groups in total. The molecule has 0 amide bonds. The van der Waals surface area contributed by atoms with Crippen LogP contribution < -0.4 is 15.0 Å². The first-order valence-electron chi connectivity index (χ1n) is 12.4. The molecule has 0 saturated carbocycles. The molecule has 0 fully saturated rings. The Morgan fingerprint density at radius 1 is 1.13 bits per heavy atom. The average Bonchev–Trinajstić information content (AvgIpc) is 2.90. The highest BCUT2D eigenvalue weighted by Crippen LogP contribution is 2.45. The molecule has 2 rings (SSSR count). The molecule has 0 atom stereocenters. The zero-order chi connectivity index (χ0) is 28.2. The quantitative estimate of drug-likeness (QED) is 0.0933. The number of allylic oxidation sites excluding steroid dienone is 5. The number of hydrogen-bond donors (Lipinski definition) is 2. The Labute approximate surface area is 229 Å². The van der Waals surface area contributed by atoms with Crippen molar-refractivity contribution in [2.24, 2.45) is 4.99 Å². The molecule has 204 valence electrons. The number of aromatic hydroxyl groups is 1. The molecule has 1 aromatic heterocycles. The average molecular weight is 541 g/mol. The maximum atomic E-state index is 13.3. The first-order valence-corrected chi connectivity index (χ1v) is 12.8. The lowest BCUT2D eigenvalue weighted by Gasteiger charge is -2.20. The lowest BCUT2D eigenvalue weighted by Crippen LogP contribution is -2.23. The Hall–Kier alpha value is -3.71. The van der Waals surface area contributed by atoms with Crippen LogP contribution in [0, 0.1) is 0 Å². The Kier molecular flexibility index (Phi) is 12.0. The summed E-state index contributed by atoms with van der Waals surface area (Å²) in [5, 5.41) is 12.2. The van der Waals surface area contributed by atoms with Gasteiger partial charge in [0.25, 0.3) is 5.56 Å². The lowest BCUT2D eigenvalue weighted by atomic mass is 9.95. The van der Waals surface area contributed by atoms with Crippen molar-refractivity contribution in [2.75, 3.05) is 21.3 Å². The van der Waals surface area contributed by atoms with Gasteiger partial charge < -0.3 is 24.3 Å². The first kappa shape index (κ1) is 30.5. The summed E-state index contributed by atoms with van der Waals surface area (Å²) in [5.41, 5.74) is 1.53. The highest BCUT2D eigenvalue weighted by Gasteiger charge is 2.27. The normalized spacial score (nSPS) is 12.1. The largest absolute Gasteiger partial charge is 0.506 e. The van der Waals surface area contributed by atoms with Gasteiger partial charge >= 0.3 is 0 Å². The number of rotatable bonds is 13. The molecule has 0 aliphatic rings. The molecule has 0 bridgehead atoms. The second-order valence-electron chi connectivity index (χ2n) is 8.54. The molecular weight excluding hydrogens is 504 g/mol. The predicted molar refractivity (Wildman–Crippen MR) is 156 cm³/mol. The third-order valence-corrected chi connectivity index (χ3v) is 6.16. The Balaban J connectivity index is 2.61. The fourth-order valence-corrected chi connectivity index (χ4v) is 3.99. The summed E-state index contributed by atoms with van der Waals surface area (Å²) in [6, 6.07) is 5.33. The number of unbranched alkanes of at least 4 members (excludes halogenated alkanes) is 2. The molecule has 7 nitrogen and oxygen atoms in total. The highest BCUT2D eigenvalue weighted by atomic mass is 35.5. The summed E-state index contributed by atoms with van der Waals surface area (Å²) in [4.78, 5) is 20.4. The third kappa shape index (κ3) is 7.65. The van der Waals surface area contributed by atoms with E-state index in [1.165, 1.54) is 21.3 Å². The van der Waals surface area contributed by atoms with Gasteiger partial charge in [-0.05, 0) is 43.5 Å². The highest BCUT2D eigenvalue weighted by molar-refractivity contribution is 6.31. The SMILES string of the molecule is C=C(/C=C\C(Cl)=C/C)CC(=C)OC(=NC)c1c(O)c(-c2c(OC)cccc2OC)c(CCCCC)[nH]c1=O. The molecule has 0 radical (unpaired) electrons. The minimum Gasteiger partial charge on any atom is -0.506 e. The van der Waals surface area contributed by atoms with Crippen LogP contribution in [0.2, 0.25) is 0 Å². The molecule has 0 spiro atoms. The molecule has 0 saturated heterocycles. The number of nitrogens with zero attached hydrogens (tertiary/aromatic N) is 1. The third-order valence-electron chi connectivity index (χ3n) is 5.81. The van der Waals surface area contributed by atoms with Gasteiger partial charge in [-0.15, -0.1) is 0 Å². The number of aromatic amines is 1. The van der Waals surface area contributed by atoms with Gasteiger partial charge in [0.15, 0.2) is 0 Å². The second kappa shape index (κ2) is 14.9. The lowest BCUT2D eigenvalue weighted by molar-refractivity contribution is 0.394. The number of hydrogen-bond acceptors (Lipinski definition) is 6. The van der Waals surface area contributed by atoms with E-state index in [0.29, 0.717) is 51.1 Å². The molecular formula is C30H37ClN2O5. The number of aryl methyl sites for hydroxylation is 1. The number of pyridine rings is 1. The maximum Gasteiger partial charge on any atom is 0.264 e. The van der Waals surface area contributed by atoms with Gasteiger partial charge in [-0.25, -0.2) is 0 Å². The molecule has 0 aliphatic carbocycles. The van der Waals surface area contributed by atoms with Crippen LogP contribution in [0.1, 0.15) is 50.8 Å². The molecule has 2 aromatic rings. The van der Waals surface area contributed by atoms with Gasteiger partial charge in [0.1, 0.15) is 28.6 Å². The molecule has 8 heteroatoms. The molecule has 38 heavy (non-hydrogen) atoms. The van der Waals surface area contributed by atoms with E-state index < -0.39 is 5.56 Å². The summed E-state index contributed by atoms with van der Waals surface area (Å²) in [7, 11) is 4.55. The predicted octanol–water partition coefficient (Wildman–Crippen LogP) is 7.05. The van der Waals surface area contributed by atoms with Crippen LogP contribution in [0.3, 0.4) is 0 Å². The summed E-state index contributed by atoms with van der Waals surface area (Å²) >= 11 is 6.01. The van der Waals surface area contributed by atoms with Crippen LogP contribution in [0.15, 0.2) is 75.7 Å². The summed E-state index contributed by atoms with van der Waals surface area (Å²) in [5.74, 6) is 0.900. The Bertz CT molecular complexity index is 1280. The number of aromatic nitrogens is 1. The van der Waals surface area contributed by atoms with Crippen molar-refractivity contribution in [3.63, 3.8) is 0 Å². The number of aliphatic imine (C=N–C) groups is 1. The van der Waals surface area contributed by atoms with Gasteiger partial charge in [0, 0.05) is 24.2 Å². The van der Waals surface area contributed by atoms with Gasteiger partial charge in [0.05, 0.1) is 25.3 Å². The van der Waals surface area contributed by atoms with Crippen LogP contribution >= 0.6 is 11.6 Å². The fraction of sp³-hybridized carbons (Fsp3) is 0.333. The van der Waals surface area contributed by atoms with Gasteiger partial charge in [-0.1, -0.05) is 62.7 Å². The Morgan fingerprint density at radius 3 is 2.34 bits per heavy atom. The molecule has 0 unspecified atom stereocenters. The van der Waals surface area contributed by atoms with E-state index in [9.17, 15) is 9.90 Å². The van der Waals surface area contributed by atoms with Crippen molar-refractivity contribution in [1.29, 1.82) is 0 Å². The van der Waals surface area contributed by atoms with Crippen LogP contribution in [-0.2, 0) is 11.2 Å². The van der Waals surface area contributed by atoms with Crippen molar-refractivity contribution in [1.82, 2.24) is 4.98 Å². The van der Waals surface area contributed by atoms with E-state index >= 15 is 0 Å². The van der Waals surface area contributed by atoms with Crippen LogP contribution in [0.25, 0.3) is 11.1 Å². The van der Waals surface area contributed by atoms with Crippen LogP contribution in [0.4, 0.5) is 0 Å². The number of nitrogens with one attached hydrogen (secondary N) is 1. The molecule has 1 aromatic carbocycles. The number of benzene rings is 1. The van der Waals surface area contributed by atoms with Crippen molar-refractivity contribution in [2.45, 2.75) is 46.0 Å². The minimum atomic E-state index is -0.529. The zero-order valence-electron chi connectivity index (χ0n) is 22.8. The number of H-pyrrole nitrogens is 1. The van der Waals surface area contributed by atoms with Gasteiger partial charge in [-0.3, -0.25) is 9.79 Å². The minimum absolute atomic E-state index is 0.0766. The monoisotopic (exact) mass is 540 g/mol. The molecule has 1 heterocycles. The second-order valence-corrected chi connectivity index (χ2v) is 8.97. The van der Waals surface area contributed by atoms with E-state index in [1.54, 1.807) is 36.4 Å². The molecule has 0 aliphatic heterocycles. The summed E-state index contributed by atoms with van der Waals surface area (Å²) in [6.45, 7) is 11.8. The summed E-state index contributed by atoms with van der Waals surface area (Å²) in [6.07, 6.45) is 8.83. The van der Waals surface area contributed by atoms with Crippen molar-refractivity contribution >= 4 is 17.5 Å². The number of halogens is 1. The van der Waals surface area contributed by atoms with Crippen molar-refractivity contribution in [3.8, 4) is 28.4 Å². The Morgan fingerprint density at radius 2 is 1.79 bits per heavy atom.